The van der Waals surface area contributed by atoms with Gasteiger partial charge in [-0.3, -0.25) is 9.48 Å². The molecule has 0 bridgehead atoms. The lowest BCUT2D eigenvalue weighted by Gasteiger charge is -2.29. The quantitative estimate of drug-likeness (QED) is 0.769. The molecule has 1 fully saturated rings. The van der Waals surface area contributed by atoms with Crippen molar-refractivity contribution in [3.63, 3.8) is 0 Å². The lowest BCUT2D eigenvalue weighted by Crippen LogP contribution is -2.38. The van der Waals surface area contributed by atoms with Crippen LogP contribution in [0.15, 0.2) is 24.3 Å². The van der Waals surface area contributed by atoms with E-state index in [-0.39, 0.29) is 11.9 Å². The molecule has 4 nitrogen and oxygen atoms in total. The molecule has 0 aliphatic heterocycles. The number of nitrogens with zero attached hydrogens (tertiary/aromatic N) is 3. The molecule has 7 heteroatoms. The molecule has 1 amide bonds. The van der Waals surface area contributed by atoms with Crippen molar-refractivity contribution in [2.24, 2.45) is 7.05 Å². The molecule has 0 spiro atoms. The molecule has 0 atom stereocenters. The molecule has 150 valence electrons. The fourth-order valence-electron chi connectivity index (χ4n) is 4.54. The molecule has 0 saturated heterocycles. The van der Waals surface area contributed by atoms with Gasteiger partial charge in [-0.15, -0.1) is 0 Å². The van der Waals surface area contributed by atoms with Crippen LogP contribution in [-0.4, -0.2) is 26.6 Å². The van der Waals surface area contributed by atoms with Gasteiger partial charge in [0.05, 0.1) is 17.8 Å². The minimum absolute atomic E-state index is 0.119. The monoisotopic (exact) mass is 391 g/mol. The summed E-state index contributed by atoms with van der Waals surface area (Å²) in [7, 11) is 1.94. The summed E-state index contributed by atoms with van der Waals surface area (Å²) in [5, 5.41) is 4.64. The number of aromatic nitrogens is 2. The van der Waals surface area contributed by atoms with Gasteiger partial charge in [0.2, 0.25) is 0 Å². The second-order valence-electron chi connectivity index (χ2n) is 7.80. The number of halogens is 3. The number of carbonyl (C=O) groups is 1. The van der Waals surface area contributed by atoms with E-state index in [4.69, 9.17) is 0 Å². The Bertz CT molecular complexity index is 864. The summed E-state index contributed by atoms with van der Waals surface area (Å²) < 4.78 is 40.4. The average molecular weight is 391 g/mol. The topological polar surface area (TPSA) is 38.1 Å². The lowest BCUT2D eigenvalue weighted by molar-refractivity contribution is -0.137. The van der Waals surface area contributed by atoms with E-state index in [0.717, 1.165) is 62.8 Å². The summed E-state index contributed by atoms with van der Waals surface area (Å²) in [6.45, 7) is 0.424. The largest absolute Gasteiger partial charge is 0.416 e. The predicted molar refractivity (Wildman–Crippen MR) is 98.8 cm³/mol. The zero-order valence-electron chi connectivity index (χ0n) is 15.9. The fraction of sp³-hybridized carbons (Fsp3) is 0.524. The smallest absolute Gasteiger partial charge is 0.330 e. The Morgan fingerprint density at radius 2 is 1.82 bits per heavy atom. The third-order valence-corrected chi connectivity index (χ3v) is 6.00. The molecule has 1 saturated carbocycles. The van der Waals surface area contributed by atoms with Crippen LogP contribution >= 0.6 is 0 Å². The van der Waals surface area contributed by atoms with Crippen LogP contribution in [0.25, 0.3) is 0 Å². The molecule has 2 aliphatic rings. The Kier molecular flexibility index (Phi) is 4.93. The highest BCUT2D eigenvalue weighted by molar-refractivity contribution is 5.94. The summed E-state index contributed by atoms with van der Waals surface area (Å²) in [5.74, 6) is -0.210. The first kappa shape index (κ1) is 19.0. The molecule has 0 N–H and O–H groups in total. The van der Waals surface area contributed by atoms with E-state index in [1.165, 1.54) is 23.4 Å². The molecule has 0 unspecified atom stereocenters. The van der Waals surface area contributed by atoms with E-state index in [9.17, 15) is 18.0 Å². The van der Waals surface area contributed by atoms with Gasteiger partial charge in [-0.05, 0) is 61.9 Å². The second-order valence-corrected chi connectivity index (χ2v) is 7.80. The van der Waals surface area contributed by atoms with Crippen molar-refractivity contribution in [2.75, 3.05) is 0 Å². The zero-order valence-corrected chi connectivity index (χ0v) is 15.9. The van der Waals surface area contributed by atoms with Gasteiger partial charge in [0.25, 0.3) is 5.91 Å². The number of alkyl halides is 3. The zero-order chi connectivity index (χ0) is 19.9. The maximum atomic E-state index is 13.2. The van der Waals surface area contributed by atoms with E-state index in [1.54, 1.807) is 0 Å². The van der Waals surface area contributed by atoms with Crippen molar-refractivity contribution in [1.29, 1.82) is 0 Å². The van der Waals surface area contributed by atoms with Gasteiger partial charge in [-0.1, -0.05) is 12.8 Å². The average Bonchev–Trinajstić information content (AvgIpc) is 3.39. The highest BCUT2D eigenvalue weighted by atomic mass is 19.4. The summed E-state index contributed by atoms with van der Waals surface area (Å²) >= 11 is 0. The van der Waals surface area contributed by atoms with Gasteiger partial charge in [-0.25, -0.2) is 0 Å². The number of benzene rings is 1. The third kappa shape index (κ3) is 3.54. The van der Waals surface area contributed by atoms with Gasteiger partial charge >= 0.3 is 6.18 Å². The van der Waals surface area contributed by atoms with Crippen LogP contribution in [0.5, 0.6) is 0 Å². The predicted octanol–water partition coefficient (Wildman–Crippen LogP) is 4.51. The van der Waals surface area contributed by atoms with Crippen LogP contribution in [-0.2, 0) is 32.6 Å². The highest BCUT2D eigenvalue weighted by Crippen LogP contribution is 2.32. The van der Waals surface area contributed by atoms with Crippen molar-refractivity contribution in [2.45, 2.75) is 63.7 Å². The fourth-order valence-corrected chi connectivity index (χ4v) is 4.54. The normalized spacial score (nSPS) is 17.1. The minimum atomic E-state index is -4.40. The Morgan fingerprint density at radius 1 is 1.14 bits per heavy atom. The van der Waals surface area contributed by atoms with E-state index in [2.05, 4.69) is 5.10 Å². The molecule has 2 aromatic rings. The lowest BCUT2D eigenvalue weighted by atomic mass is 10.1. The maximum Gasteiger partial charge on any atom is 0.416 e. The number of amides is 1. The Balaban J connectivity index is 1.61. The van der Waals surface area contributed by atoms with Crippen LogP contribution in [0.1, 0.15) is 65.0 Å². The molecular formula is C21H24F3N3O. The number of hydrogen-bond donors (Lipinski definition) is 0. The molecule has 4 rings (SSSR count). The van der Waals surface area contributed by atoms with Crippen LogP contribution in [0.2, 0.25) is 0 Å². The van der Waals surface area contributed by atoms with Gasteiger partial charge in [0.1, 0.15) is 0 Å². The van der Waals surface area contributed by atoms with Crippen molar-refractivity contribution in [3.05, 3.63) is 52.3 Å². The summed E-state index contributed by atoms with van der Waals surface area (Å²) in [5.41, 5.74) is 2.97. The Labute approximate surface area is 162 Å². The Morgan fingerprint density at radius 3 is 2.46 bits per heavy atom. The molecular weight excluding hydrogens is 367 g/mol. The molecule has 1 aromatic carbocycles. The molecule has 1 aromatic heterocycles. The van der Waals surface area contributed by atoms with E-state index >= 15 is 0 Å². The van der Waals surface area contributed by atoms with Crippen LogP contribution in [0.4, 0.5) is 13.2 Å². The van der Waals surface area contributed by atoms with Gasteiger partial charge in [0, 0.05) is 24.3 Å². The first-order valence-electron chi connectivity index (χ1n) is 9.86. The van der Waals surface area contributed by atoms with Crippen LogP contribution in [0.3, 0.4) is 0 Å². The minimum Gasteiger partial charge on any atom is -0.330 e. The highest BCUT2D eigenvalue weighted by Gasteiger charge is 2.33. The standard InChI is InChI=1S/C21H24F3N3O/c1-26-19-8-4-7-17(19)18(25-26)13-27(16-5-2-3-6-16)20(28)14-9-11-15(12-10-14)21(22,23)24/h9-12,16H,2-8,13H2,1H3. The van der Waals surface area contributed by atoms with Crippen LogP contribution < -0.4 is 0 Å². The molecule has 1 heterocycles. The van der Waals surface area contributed by atoms with Crippen molar-refractivity contribution < 1.29 is 18.0 Å². The summed E-state index contributed by atoms with van der Waals surface area (Å²) in [6.07, 6.45) is 2.69. The maximum absolute atomic E-state index is 13.2. The number of rotatable bonds is 4. The molecule has 2 aliphatic carbocycles. The second kappa shape index (κ2) is 7.26. The van der Waals surface area contributed by atoms with E-state index in [0.29, 0.717) is 12.1 Å². The molecule has 28 heavy (non-hydrogen) atoms. The van der Waals surface area contributed by atoms with Crippen LogP contribution in [0, 0.1) is 0 Å². The van der Waals surface area contributed by atoms with Crippen molar-refractivity contribution in [1.82, 2.24) is 14.7 Å². The number of hydrogen-bond acceptors (Lipinski definition) is 2. The van der Waals surface area contributed by atoms with Gasteiger partial charge in [0.15, 0.2) is 0 Å². The number of carbonyl (C=O) groups excluding carboxylic acids is 1. The Hall–Kier alpha value is -2.31. The van der Waals surface area contributed by atoms with E-state index in [1.807, 2.05) is 16.6 Å². The first-order chi connectivity index (χ1) is 13.3. The molecule has 0 radical (unpaired) electrons. The SMILES string of the molecule is Cn1nc(CN(C(=O)c2ccc(C(F)(F)F)cc2)C2CCCC2)c2c1CCC2. The number of aryl methyl sites for hydroxylation is 1. The van der Waals surface area contributed by atoms with Gasteiger partial charge in [-0.2, -0.15) is 18.3 Å². The third-order valence-electron chi connectivity index (χ3n) is 6.00. The number of fused-ring (bicyclic) bond motifs is 1. The van der Waals surface area contributed by atoms with Gasteiger partial charge < -0.3 is 4.90 Å². The summed E-state index contributed by atoms with van der Waals surface area (Å²) in [4.78, 5) is 15.0. The van der Waals surface area contributed by atoms with E-state index < -0.39 is 11.7 Å². The van der Waals surface area contributed by atoms with Crippen molar-refractivity contribution >= 4 is 5.91 Å². The summed E-state index contributed by atoms with van der Waals surface area (Å²) in [6, 6.07) is 4.66. The first-order valence-corrected chi connectivity index (χ1v) is 9.86. The van der Waals surface area contributed by atoms with Crippen molar-refractivity contribution in [3.8, 4) is 0 Å².